The van der Waals surface area contributed by atoms with Crippen LogP contribution < -0.4 is 0 Å². The van der Waals surface area contributed by atoms with Gasteiger partial charge in [0.2, 0.25) is 0 Å². The molecule has 0 N–H and O–H groups in total. The van der Waals surface area contributed by atoms with Crippen molar-refractivity contribution in [3.63, 3.8) is 0 Å². The van der Waals surface area contributed by atoms with Gasteiger partial charge in [0.25, 0.3) is 5.91 Å². The summed E-state index contributed by atoms with van der Waals surface area (Å²) in [6.07, 6.45) is 2.56. The van der Waals surface area contributed by atoms with Crippen molar-refractivity contribution in [2.75, 3.05) is 7.05 Å². The van der Waals surface area contributed by atoms with Crippen LogP contribution in [-0.4, -0.2) is 33.9 Å². The lowest BCUT2D eigenvalue weighted by molar-refractivity contribution is 0.0743. The Bertz CT molecular complexity index is 843. The minimum atomic E-state index is 0.0282. The number of aryl methyl sites for hydroxylation is 1. The molecule has 0 unspecified atom stereocenters. The van der Waals surface area contributed by atoms with Crippen molar-refractivity contribution in [2.24, 2.45) is 0 Å². The summed E-state index contributed by atoms with van der Waals surface area (Å²) in [7, 11) is 1.85. The number of rotatable bonds is 4. The number of fused-ring (bicyclic) bond motifs is 1. The molecule has 0 radical (unpaired) electrons. The average Bonchev–Trinajstić information content (AvgIpc) is 3.01. The Hall–Kier alpha value is -2.27. The molecule has 0 bridgehead atoms. The maximum Gasteiger partial charge on any atom is 0.253 e. The third kappa shape index (κ3) is 3.40. The van der Waals surface area contributed by atoms with Crippen LogP contribution >= 0.6 is 11.3 Å². The van der Waals surface area contributed by atoms with Gasteiger partial charge >= 0.3 is 0 Å². The van der Waals surface area contributed by atoms with Crippen LogP contribution in [0, 0.1) is 6.92 Å². The molecule has 1 atom stereocenters. The molecule has 0 fully saturated rings. The first-order valence-electron chi connectivity index (χ1n) is 7.56. The fourth-order valence-electron chi connectivity index (χ4n) is 2.54. The van der Waals surface area contributed by atoms with E-state index >= 15 is 0 Å². The standard InChI is InChI=1S/C18H19N3OS/c1-12-6-7-19-15(8-12)9-13(2)21(3)18(22)14-4-5-16-17(10-14)23-11-20-16/h4-8,10-11,13H,9H2,1-3H3/t13-/m1/s1. The summed E-state index contributed by atoms with van der Waals surface area (Å²) in [5, 5.41) is 0. The topological polar surface area (TPSA) is 46.1 Å². The maximum absolute atomic E-state index is 12.7. The van der Waals surface area contributed by atoms with Gasteiger partial charge in [0.05, 0.1) is 15.7 Å². The van der Waals surface area contributed by atoms with Crippen LogP contribution in [-0.2, 0) is 6.42 Å². The molecule has 118 valence electrons. The molecular weight excluding hydrogens is 306 g/mol. The monoisotopic (exact) mass is 325 g/mol. The van der Waals surface area contributed by atoms with Gasteiger partial charge in [0.1, 0.15) is 0 Å². The molecule has 0 aliphatic rings. The second-order valence-corrected chi connectivity index (χ2v) is 6.71. The Labute approximate surface area is 139 Å². The van der Waals surface area contributed by atoms with Gasteiger partial charge in [-0.3, -0.25) is 9.78 Å². The number of nitrogens with zero attached hydrogens (tertiary/aromatic N) is 3. The number of pyridine rings is 1. The Kier molecular flexibility index (Phi) is 4.39. The molecule has 23 heavy (non-hydrogen) atoms. The highest BCUT2D eigenvalue weighted by Gasteiger charge is 2.19. The van der Waals surface area contributed by atoms with E-state index in [1.54, 1.807) is 21.7 Å². The van der Waals surface area contributed by atoms with E-state index in [0.29, 0.717) is 5.56 Å². The first-order valence-corrected chi connectivity index (χ1v) is 8.44. The SMILES string of the molecule is Cc1ccnc(C[C@@H](C)N(C)C(=O)c2ccc3ncsc3c2)c1. The van der Waals surface area contributed by atoms with Crippen molar-refractivity contribution >= 4 is 27.5 Å². The highest BCUT2D eigenvalue weighted by molar-refractivity contribution is 7.16. The van der Waals surface area contributed by atoms with Crippen LogP contribution in [0.1, 0.15) is 28.5 Å². The second kappa shape index (κ2) is 6.46. The molecule has 0 spiro atoms. The zero-order valence-corrected chi connectivity index (χ0v) is 14.3. The molecular formula is C18H19N3OS. The molecule has 3 rings (SSSR count). The average molecular weight is 325 g/mol. The lowest BCUT2D eigenvalue weighted by Crippen LogP contribution is -2.36. The zero-order valence-electron chi connectivity index (χ0n) is 13.5. The number of benzene rings is 1. The third-order valence-electron chi connectivity index (χ3n) is 4.04. The van der Waals surface area contributed by atoms with E-state index in [4.69, 9.17) is 0 Å². The Balaban J connectivity index is 1.75. The van der Waals surface area contributed by atoms with E-state index in [0.717, 1.165) is 22.3 Å². The van der Waals surface area contributed by atoms with Crippen molar-refractivity contribution in [3.05, 3.63) is 58.9 Å². The van der Waals surface area contributed by atoms with Gasteiger partial charge in [-0.2, -0.15) is 0 Å². The van der Waals surface area contributed by atoms with Crippen LogP contribution in [0.3, 0.4) is 0 Å². The normalized spacial score (nSPS) is 12.3. The molecule has 3 aromatic rings. The van der Waals surface area contributed by atoms with E-state index in [-0.39, 0.29) is 11.9 Å². The summed E-state index contributed by atoms with van der Waals surface area (Å²) >= 11 is 1.55. The highest BCUT2D eigenvalue weighted by atomic mass is 32.1. The van der Waals surface area contributed by atoms with Crippen LogP contribution in [0.25, 0.3) is 10.2 Å². The number of carbonyl (C=O) groups excluding carboxylic acids is 1. The largest absolute Gasteiger partial charge is 0.339 e. The summed E-state index contributed by atoms with van der Waals surface area (Å²) < 4.78 is 1.04. The van der Waals surface area contributed by atoms with Crippen LogP contribution in [0.2, 0.25) is 0 Å². The van der Waals surface area contributed by atoms with Crippen LogP contribution in [0.15, 0.2) is 42.0 Å². The number of aromatic nitrogens is 2. The summed E-state index contributed by atoms with van der Waals surface area (Å²) in [4.78, 5) is 23.1. The first-order chi connectivity index (χ1) is 11.0. The maximum atomic E-state index is 12.7. The molecule has 5 heteroatoms. The van der Waals surface area contributed by atoms with Crippen molar-refractivity contribution in [1.82, 2.24) is 14.9 Å². The van der Waals surface area contributed by atoms with Crippen molar-refractivity contribution in [3.8, 4) is 0 Å². The van der Waals surface area contributed by atoms with E-state index in [2.05, 4.69) is 23.0 Å². The minimum absolute atomic E-state index is 0.0282. The summed E-state index contributed by atoms with van der Waals surface area (Å²) in [5.41, 5.74) is 5.63. The molecule has 0 aliphatic carbocycles. The quantitative estimate of drug-likeness (QED) is 0.735. The van der Waals surface area contributed by atoms with Gasteiger partial charge in [-0.1, -0.05) is 0 Å². The summed E-state index contributed by atoms with van der Waals surface area (Å²) in [6, 6.07) is 9.79. The number of amides is 1. The molecule has 1 aromatic carbocycles. The van der Waals surface area contributed by atoms with Gasteiger partial charge < -0.3 is 4.90 Å². The first kappa shape index (κ1) is 15.6. The Morgan fingerprint density at radius 3 is 2.87 bits per heavy atom. The zero-order chi connectivity index (χ0) is 16.4. The van der Waals surface area contributed by atoms with Crippen LogP contribution in [0.4, 0.5) is 0 Å². The van der Waals surface area contributed by atoms with Gasteiger partial charge in [-0.25, -0.2) is 4.98 Å². The number of carbonyl (C=O) groups is 1. The van der Waals surface area contributed by atoms with Gasteiger partial charge in [-0.05, 0) is 49.7 Å². The lowest BCUT2D eigenvalue weighted by Gasteiger charge is -2.25. The Morgan fingerprint density at radius 1 is 1.26 bits per heavy atom. The predicted octanol–water partition coefficient (Wildman–Crippen LogP) is 3.70. The van der Waals surface area contributed by atoms with Crippen molar-refractivity contribution in [1.29, 1.82) is 0 Å². The van der Waals surface area contributed by atoms with E-state index < -0.39 is 0 Å². The van der Waals surface area contributed by atoms with E-state index in [1.165, 1.54) is 5.56 Å². The molecule has 0 saturated heterocycles. The van der Waals surface area contributed by atoms with Gasteiger partial charge in [0.15, 0.2) is 0 Å². The van der Waals surface area contributed by atoms with E-state index in [9.17, 15) is 4.79 Å². The number of likely N-dealkylation sites (N-methyl/N-ethyl adjacent to an activating group) is 1. The Morgan fingerprint density at radius 2 is 2.09 bits per heavy atom. The fourth-order valence-corrected chi connectivity index (χ4v) is 3.26. The number of thiazole rings is 1. The molecule has 0 aliphatic heterocycles. The molecule has 4 nitrogen and oxygen atoms in total. The summed E-state index contributed by atoms with van der Waals surface area (Å²) in [6.45, 7) is 4.10. The number of hydrogen-bond donors (Lipinski definition) is 0. The highest BCUT2D eigenvalue weighted by Crippen LogP contribution is 2.20. The minimum Gasteiger partial charge on any atom is -0.339 e. The summed E-state index contributed by atoms with van der Waals surface area (Å²) in [5.74, 6) is 0.0282. The smallest absolute Gasteiger partial charge is 0.253 e. The number of hydrogen-bond acceptors (Lipinski definition) is 4. The van der Waals surface area contributed by atoms with Crippen LogP contribution in [0.5, 0.6) is 0 Å². The third-order valence-corrected chi connectivity index (χ3v) is 4.83. The van der Waals surface area contributed by atoms with Gasteiger partial charge in [0, 0.05) is 37.0 Å². The predicted molar refractivity (Wildman–Crippen MR) is 93.9 cm³/mol. The molecule has 0 saturated carbocycles. The fraction of sp³-hybridized carbons (Fsp3) is 0.278. The van der Waals surface area contributed by atoms with Gasteiger partial charge in [-0.15, -0.1) is 11.3 Å². The molecule has 2 aromatic heterocycles. The van der Waals surface area contributed by atoms with Crippen molar-refractivity contribution in [2.45, 2.75) is 26.3 Å². The molecule has 2 heterocycles. The van der Waals surface area contributed by atoms with Crippen molar-refractivity contribution < 1.29 is 4.79 Å². The van der Waals surface area contributed by atoms with E-state index in [1.807, 2.05) is 44.4 Å². The second-order valence-electron chi connectivity index (χ2n) is 5.83. The molecule has 1 amide bonds. The lowest BCUT2D eigenvalue weighted by atomic mass is 10.1.